The molecule has 9 nitrogen and oxygen atoms in total. The van der Waals surface area contributed by atoms with Crippen LogP contribution in [0.5, 0.6) is 5.75 Å². The van der Waals surface area contributed by atoms with Gasteiger partial charge in [0, 0.05) is 16.5 Å². The predicted molar refractivity (Wildman–Crippen MR) is 109 cm³/mol. The van der Waals surface area contributed by atoms with Gasteiger partial charge in [0.1, 0.15) is 11.3 Å². The molecule has 0 fully saturated rings. The van der Waals surface area contributed by atoms with Crippen molar-refractivity contribution in [2.45, 2.75) is 5.16 Å². The number of fused-ring (bicyclic) bond motifs is 3. The van der Waals surface area contributed by atoms with Crippen molar-refractivity contribution in [3.63, 3.8) is 0 Å². The van der Waals surface area contributed by atoms with Crippen molar-refractivity contribution in [3.8, 4) is 5.75 Å². The number of hydrogen-bond acceptors (Lipinski definition) is 7. The molecule has 4 rings (SSSR count). The van der Waals surface area contributed by atoms with E-state index in [0.29, 0.717) is 27.6 Å². The van der Waals surface area contributed by atoms with E-state index in [4.69, 9.17) is 4.74 Å². The first-order valence-electron chi connectivity index (χ1n) is 8.61. The fraction of sp³-hybridized carbons (Fsp3) is 0.105. The fourth-order valence-electron chi connectivity index (χ4n) is 2.67. The third-order valence-electron chi connectivity index (χ3n) is 4.10. The average molecular weight is 408 g/mol. The molecular weight excluding hydrogens is 392 g/mol. The van der Waals surface area contributed by atoms with E-state index in [2.05, 4.69) is 31.0 Å². The van der Waals surface area contributed by atoms with E-state index in [1.807, 2.05) is 24.3 Å². The normalized spacial score (nSPS) is 10.8. The number of para-hydroxylation sites is 1. The van der Waals surface area contributed by atoms with Crippen LogP contribution in [0.15, 0.2) is 53.7 Å². The van der Waals surface area contributed by atoms with Gasteiger partial charge in [0.05, 0.1) is 12.9 Å². The lowest BCUT2D eigenvalue weighted by molar-refractivity contribution is -0.119. The highest BCUT2D eigenvalue weighted by molar-refractivity contribution is 7.99. The van der Waals surface area contributed by atoms with Crippen molar-refractivity contribution in [1.29, 1.82) is 0 Å². The Labute approximate surface area is 169 Å². The molecule has 0 saturated heterocycles. The highest BCUT2D eigenvalue weighted by atomic mass is 32.2. The van der Waals surface area contributed by atoms with Crippen LogP contribution in [0.4, 0.5) is 0 Å². The maximum absolute atomic E-state index is 12.0. The van der Waals surface area contributed by atoms with Crippen molar-refractivity contribution in [2.24, 2.45) is 0 Å². The van der Waals surface area contributed by atoms with Crippen molar-refractivity contribution in [1.82, 2.24) is 31.0 Å². The third-order valence-corrected chi connectivity index (χ3v) is 4.94. The minimum absolute atomic E-state index is 0.0241. The van der Waals surface area contributed by atoms with Crippen LogP contribution in [-0.4, -0.2) is 44.8 Å². The first-order chi connectivity index (χ1) is 14.1. The number of carbonyl (C=O) groups excluding carboxylic acids is 2. The molecule has 0 saturated carbocycles. The molecule has 0 aliphatic rings. The molecular formula is C19H16N6O3S. The number of nitrogens with one attached hydrogen (secondary N) is 3. The molecule has 3 N–H and O–H groups in total. The molecule has 2 amide bonds. The second kappa shape index (κ2) is 8.15. The lowest BCUT2D eigenvalue weighted by Crippen LogP contribution is -2.42. The smallest absolute Gasteiger partial charge is 0.269 e. The summed E-state index contributed by atoms with van der Waals surface area (Å²) in [6, 6.07) is 14.2. The van der Waals surface area contributed by atoms with Crippen LogP contribution in [0.25, 0.3) is 22.1 Å². The zero-order valence-corrected chi connectivity index (χ0v) is 16.1. The first kappa shape index (κ1) is 18.7. The number of H-pyrrole nitrogens is 1. The van der Waals surface area contributed by atoms with Crippen LogP contribution < -0.4 is 15.6 Å². The van der Waals surface area contributed by atoms with Crippen LogP contribution >= 0.6 is 11.8 Å². The fourth-order valence-corrected chi connectivity index (χ4v) is 3.26. The van der Waals surface area contributed by atoms with Crippen LogP contribution in [0.2, 0.25) is 0 Å². The number of amides is 2. The third kappa shape index (κ3) is 4.11. The van der Waals surface area contributed by atoms with E-state index in [-0.39, 0.29) is 5.75 Å². The zero-order chi connectivity index (χ0) is 20.2. The lowest BCUT2D eigenvalue weighted by atomic mass is 10.2. The Morgan fingerprint density at radius 1 is 1.07 bits per heavy atom. The molecule has 0 spiro atoms. The topological polar surface area (TPSA) is 122 Å². The van der Waals surface area contributed by atoms with E-state index in [1.165, 1.54) is 0 Å². The van der Waals surface area contributed by atoms with Crippen molar-refractivity contribution < 1.29 is 14.3 Å². The minimum Gasteiger partial charge on any atom is -0.497 e. The Bertz CT molecular complexity index is 1190. The van der Waals surface area contributed by atoms with E-state index >= 15 is 0 Å². The predicted octanol–water partition coefficient (Wildman–Crippen LogP) is 2.07. The van der Waals surface area contributed by atoms with Gasteiger partial charge in [0.15, 0.2) is 5.65 Å². The van der Waals surface area contributed by atoms with Gasteiger partial charge in [-0.05, 0) is 30.3 Å². The maximum Gasteiger partial charge on any atom is 0.269 e. The maximum atomic E-state index is 12.0. The van der Waals surface area contributed by atoms with Gasteiger partial charge in [-0.25, -0.2) is 4.98 Å². The summed E-state index contributed by atoms with van der Waals surface area (Å²) in [5.41, 5.74) is 7.34. The number of hydrazine groups is 1. The number of carbonyl (C=O) groups is 2. The molecule has 2 aromatic heterocycles. The summed E-state index contributed by atoms with van der Waals surface area (Å²) in [6.07, 6.45) is 0. The Hall–Kier alpha value is -3.66. The van der Waals surface area contributed by atoms with Gasteiger partial charge in [-0.15, -0.1) is 10.2 Å². The number of thioether (sulfide) groups is 1. The Balaban J connectivity index is 1.33. The number of benzene rings is 2. The number of aromatic nitrogens is 4. The minimum atomic E-state index is -0.427. The van der Waals surface area contributed by atoms with Gasteiger partial charge in [0.25, 0.3) is 5.91 Å². The van der Waals surface area contributed by atoms with E-state index in [9.17, 15) is 9.59 Å². The number of nitrogens with zero attached hydrogens (tertiary/aromatic N) is 3. The van der Waals surface area contributed by atoms with Crippen LogP contribution in [0, 0.1) is 0 Å². The van der Waals surface area contributed by atoms with Crippen molar-refractivity contribution >= 4 is 45.6 Å². The molecule has 4 aromatic rings. The second-order valence-electron chi connectivity index (χ2n) is 5.98. The van der Waals surface area contributed by atoms with Gasteiger partial charge in [0.2, 0.25) is 11.1 Å². The molecule has 146 valence electrons. The molecule has 0 atom stereocenters. The van der Waals surface area contributed by atoms with Crippen molar-refractivity contribution in [3.05, 3.63) is 54.1 Å². The Morgan fingerprint density at radius 2 is 1.86 bits per heavy atom. The summed E-state index contributed by atoms with van der Waals surface area (Å²) in [4.78, 5) is 31.6. The standard InChI is InChI=1S/C19H16N6O3S/c1-28-12-8-6-11(7-9-12)18(27)24-22-15(26)10-29-19-21-17-16(23-25-19)13-4-2-3-5-14(13)20-17/h2-9H,10H2,1H3,(H,22,26)(H,24,27)(H,20,21,25). The zero-order valence-electron chi connectivity index (χ0n) is 15.3. The highest BCUT2D eigenvalue weighted by Gasteiger charge is 2.12. The van der Waals surface area contributed by atoms with E-state index in [1.54, 1.807) is 31.4 Å². The Morgan fingerprint density at radius 3 is 2.66 bits per heavy atom. The van der Waals surface area contributed by atoms with Crippen LogP contribution in [0.1, 0.15) is 10.4 Å². The summed E-state index contributed by atoms with van der Waals surface area (Å²) in [7, 11) is 1.54. The van der Waals surface area contributed by atoms with Gasteiger partial charge in [-0.3, -0.25) is 20.4 Å². The SMILES string of the molecule is COc1ccc(C(=O)NNC(=O)CSc2nnc3c(n2)[nH]c2ccccc23)cc1. The lowest BCUT2D eigenvalue weighted by Gasteiger charge is -2.07. The first-order valence-corrected chi connectivity index (χ1v) is 9.60. The van der Waals surface area contributed by atoms with Crippen molar-refractivity contribution in [2.75, 3.05) is 12.9 Å². The highest BCUT2D eigenvalue weighted by Crippen LogP contribution is 2.23. The molecule has 29 heavy (non-hydrogen) atoms. The number of ether oxygens (including phenoxy) is 1. The van der Waals surface area contributed by atoms with Gasteiger partial charge < -0.3 is 9.72 Å². The average Bonchev–Trinajstić information content (AvgIpc) is 3.14. The van der Waals surface area contributed by atoms with Crippen LogP contribution in [-0.2, 0) is 4.79 Å². The van der Waals surface area contributed by atoms with E-state index in [0.717, 1.165) is 22.7 Å². The summed E-state index contributed by atoms with van der Waals surface area (Å²) in [5, 5.41) is 9.57. The monoisotopic (exact) mass is 408 g/mol. The molecule has 0 aliphatic carbocycles. The van der Waals surface area contributed by atoms with Crippen LogP contribution in [0.3, 0.4) is 0 Å². The molecule has 2 aromatic carbocycles. The van der Waals surface area contributed by atoms with Gasteiger partial charge in [-0.1, -0.05) is 30.0 Å². The van der Waals surface area contributed by atoms with Gasteiger partial charge in [-0.2, -0.15) is 0 Å². The van der Waals surface area contributed by atoms with E-state index < -0.39 is 11.8 Å². The van der Waals surface area contributed by atoms with Gasteiger partial charge >= 0.3 is 0 Å². The second-order valence-corrected chi connectivity index (χ2v) is 6.92. The number of aromatic amines is 1. The molecule has 0 bridgehead atoms. The molecule has 10 heteroatoms. The number of rotatable bonds is 5. The Kier molecular flexibility index (Phi) is 5.25. The number of hydrogen-bond donors (Lipinski definition) is 3. The molecule has 0 unspecified atom stereocenters. The summed E-state index contributed by atoms with van der Waals surface area (Å²) >= 11 is 1.12. The molecule has 0 aliphatic heterocycles. The molecule has 2 heterocycles. The molecule has 0 radical (unpaired) electrons. The summed E-state index contributed by atoms with van der Waals surface area (Å²) in [5.74, 6) is -0.154. The number of methoxy groups -OCH3 is 1. The quantitative estimate of drug-likeness (QED) is 0.341. The largest absolute Gasteiger partial charge is 0.497 e. The summed E-state index contributed by atoms with van der Waals surface area (Å²) < 4.78 is 5.04. The summed E-state index contributed by atoms with van der Waals surface area (Å²) in [6.45, 7) is 0.